The third-order valence-electron chi connectivity index (χ3n) is 4.62. The number of allylic oxidation sites excluding steroid dienone is 4. The van der Waals surface area contributed by atoms with Crippen LogP contribution in [0.5, 0.6) is 0 Å². The van der Waals surface area contributed by atoms with Gasteiger partial charge >= 0.3 is 0 Å². The first-order valence-corrected chi connectivity index (χ1v) is 10.2. The van der Waals surface area contributed by atoms with Crippen LogP contribution < -0.4 is 17.3 Å². The van der Waals surface area contributed by atoms with Crippen molar-refractivity contribution in [2.75, 3.05) is 13.1 Å². The molecule has 0 amide bonds. The minimum atomic E-state index is -0.535. The second-order valence-corrected chi connectivity index (χ2v) is 7.04. The van der Waals surface area contributed by atoms with Crippen LogP contribution in [-0.4, -0.2) is 33.2 Å². The number of nitrogens with zero attached hydrogens (tertiary/aromatic N) is 4. The molecule has 0 fully saturated rings. The molecule has 2 heterocycles. The standard InChI is InChI=1S/C24H26FN7O/c1-17(25)5-3-2-4-16-32(28)22(19-11-14-29-15-12-19)21(27)24-30-23(31-33-24)20-8-6-18(7-9-20)10-13-26/h2-9,11-12,14-15H,1,10,13,16,26-28H2/b4-2-,5-3-,22-21-. The molecule has 0 radical (unpaired) electrons. The van der Waals surface area contributed by atoms with Gasteiger partial charge in [0.1, 0.15) is 11.5 Å². The first-order chi connectivity index (χ1) is 16.0. The Balaban J connectivity index is 1.90. The quantitative estimate of drug-likeness (QED) is 0.245. The largest absolute Gasteiger partial charge is 0.392 e. The molecule has 0 aliphatic rings. The lowest BCUT2D eigenvalue weighted by molar-refractivity contribution is 0.405. The van der Waals surface area contributed by atoms with Crippen LogP contribution in [0, 0.1) is 0 Å². The Bertz CT molecular complexity index is 1150. The van der Waals surface area contributed by atoms with Crippen molar-refractivity contribution in [2.45, 2.75) is 6.42 Å². The van der Waals surface area contributed by atoms with Crippen molar-refractivity contribution in [2.24, 2.45) is 17.3 Å². The molecule has 3 aromatic rings. The van der Waals surface area contributed by atoms with Crippen LogP contribution in [0.1, 0.15) is 17.0 Å². The summed E-state index contributed by atoms with van der Waals surface area (Å²) in [6, 6.07) is 11.3. The predicted molar refractivity (Wildman–Crippen MR) is 127 cm³/mol. The summed E-state index contributed by atoms with van der Waals surface area (Å²) in [6.45, 7) is 4.03. The van der Waals surface area contributed by atoms with Crippen LogP contribution in [0.15, 0.2) is 90.0 Å². The molecule has 8 nitrogen and oxygen atoms in total. The summed E-state index contributed by atoms with van der Waals surface area (Å²) < 4.78 is 18.1. The Morgan fingerprint density at radius 2 is 1.85 bits per heavy atom. The molecule has 33 heavy (non-hydrogen) atoms. The zero-order chi connectivity index (χ0) is 23.6. The van der Waals surface area contributed by atoms with E-state index in [1.807, 2.05) is 24.3 Å². The zero-order valence-electron chi connectivity index (χ0n) is 18.1. The van der Waals surface area contributed by atoms with Gasteiger partial charge in [-0.1, -0.05) is 54.2 Å². The minimum Gasteiger partial charge on any atom is -0.392 e. The molecule has 0 unspecified atom stereocenters. The first-order valence-electron chi connectivity index (χ1n) is 10.2. The molecular formula is C24H26FN7O. The zero-order valence-corrected chi connectivity index (χ0v) is 18.1. The van der Waals surface area contributed by atoms with Crippen LogP contribution in [0.4, 0.5) is 4.39 Å². The number of nitrogens with two attached hydrogens (primary N) is 3. The SMILES string of the molecule is C=C(F)/C=C\C=C/CN(N)/C(=C(\N)c1nc(-c2ccc(CCN)cc2)no1)c1ccncc1. The van der Waals surface area contributed by atoms with Gasteiger partial charge in [-0.25, -0.2) is 10.2 Å². The smallest absolute Gasteiger partial charge is 0.276 e. The Morgan fingerprint density at radius 3 is 2.52 bits per heavy atom. The molecule has 0 aliphatic heterocycles. The van der Waals surface area contributed by atoms with E-state index in [1.165, 1.54) is 17.2 Å². The Hall–Kier alpha value is -4.08. The molecule has 0 spiro atoms. The number of hydrazine groups is 1. The van der Waals surface area contributed by atoms with E-state index in [4.69, 9.17) is 21.8 Å². The topological polar surface area (TPSA) is 133 Å². The van der Waals surface area contributed by atoms with E-state index in [0.29, 0.717) is 18.1 Å². The summed E-state index contributed by atoms with van der Waals surface area (Å²) in [6.07, 6.45) is 10.2. The van der Waals surface area contributed by atoms with Crippen LogP contribution in [0.3, 0.4) is 0 Å². The van der Waals surface area contributed by atoms with Crippen LogP contribution in [0.2, 0.25) is 0 Å². The average molecular weight is 448 g/mol. The average Bonchev–Trinajstić information content (AvgIpc) is 3.31. The lowest BCUT2D eigenvalue weighted by Crippen LogP contribution is -2.31. The van der Waals surface area contributed by atoms with Crippen molar-refractivity contribution in [3.63, 3.8) is 0 Å². The molecule has 2 aromatic heterocycles. The molecule has 0 saturated heterocycles. The molecule has 0 saturated carbocycles. The molecule has 170 valence electrons. The van der Waals surface area contributed by atoms with Gasteiger partial charge in [-0.05, 0) is 36.7 Å². The van der Waals surface area contributed by atoms with Gasteiger partial charge in [0.15, 0.2) is 0 Å². The number of rotatable bonds is 10. The summed E-state index contributed by atoms with van der Waals surface area (Å²) in [5.41, 5.74) is 15.4. The van der Waals surface area contributed by atoms with Crippen LogP contribution in [-0.2, 0) is 6.42 Å². The van der Waals surface area contributed by atoms with Crippen molar-refractivity contribution < 1.29 is 8.91 Å². The minimum absolute atomic E-state index is 0.135. The fraction of sp³-hybridized carbons (Fsp3) is 0.125. The Kier molecular flexibility index (Phi) is 8.23. The van der Waals surface area contributed by atoms with Crippen LogP contribution in [0.25, 0.3) is 22.8 Å². The maximum Gasteiger partial charge on any atom is 0.276 e. The fourth-order valence-corrected chi connectivity index (χ4v) is 3.03. The molecule has 0 aliphatic carbocycles. The number of hydrogen-bond donors (Lipinski definition) is 3. The highest BCUT2D eigenvalue weighted by molar-refractivity contribution is 5.85. The first kappa shape index (κ1) is 23.6. The normalized spacial score (nSPS) is 12.3. The molecule has 6 N–H and O–H groups in total. The van der Waals surface area contributed by atoms with Crippen molar-refractivity contribution in [1.82, 2.24) is 20.1 Å². The van der Waals surface area contributed by atoms with Gasteiger partial charge in [-0.2, -0.15) is 4.98 Å². The van der Waals surface area contributed by atoms with Crippen molar-refractivity contribution in [1.29, 1.82) is 0 Å². The molecule has 0 atom stereocenters. The van der Waals surface area contributed by atoms with Gasteiger partial charge in [0.2, 0.25) is 5.82 Å². The number of pyridine rings is 1. The highest BCUT2D eigenvalue weighted by Gasteiger charge is 2.19. The van der Waals surface area contributed by atoms with Gasteiger partial charge in [0.25, 0.3) is 5.89 Å². The van der Waals surface area contributed by atoms with E-state index in [-0.39, 0.29) is 18.1 Å². The molecule has 1 aromatic carbocycles. The molecular weight excluding hydrogens is 421 g/mol. The highest BCUT2D eigenvalue weighted by atomic mass is 19.1. The molecule has 3 rings (SSSR count). The summed E-state index contributed by atoms with van der Waals surface area (Å²) >= 11 is 0. The van der Waals surface area contributed by atoms with Crippen molar-refractivity contribution >= 4 is 11.4 Å². The maximum atomic E-state index is 12.7. The van der Waals surface area contributed by atoms with E-state index in [0.717, 1.165) is 23.1 Å². The monoisotopic (exact) mass is 447 g/mol. The summed E-state index contributed by atoms with van der Waals surface area (Å²) in [4.78, 5) is 8.49. The van der Waals surface area contributed by atoms with E-state index in [1.54, 1.807) is 36.7 Å². The van der Waals surface area contributed by atoms with E-state index in [9.17, 15) is 4.39 Å². The summed E-state index contributed by atoms with van der Waals surface area (Å²) in [5, 5.41) is 5.49. The third kappa shape index (κ3) is 6.45. The predicted octanol–water partition coefficient (Wildman–Crippen LogP) is 3.19. The molecule has 9 heteroatoms. The fourth-order valence-electron chi connectivity index (χ4n) is 3.03. The van der Waals surface area contributed by atoms with Gasteiger partial charge in [0.05, 0.1) is 12.2 Å². The Morgan fingerprint density at radius 1 is 1.12 bits per heavy atom. The number of aromatic nitrogens is 3. The third-order valence-corrected chi connectivity index (χ3v) is 4.62. The van der Waals surface area contributed by atoms with E-state index < -0.39 is 5.83 Å². The summed E-state index contributed by atoms with van der Waals surface area (Å²) in [7, 11) is 0. The van der Waals surface area contributed by atoms with Crippen molar-refractivity contribution in [3.8, 4) is 11.4 Å². The lowest BCUT2D eigenvalue weighted by Gasteiger charge is -2.22. The Labute approximate surface area is 191 Å². The van der Waals surface area contributed by atoms with Gasteiger partial charge in [-0.3, -0.25) is 4.98 Å². The second kappa shape index (κ2) is 11.5. The van der Waals surface area contributed by atoms with Crippen LogP contribution >= 0.6 is 0 Å². The van der Waals surface area contributed by atoms with E-state index in [2.05, 4.69) is 21.7 Å². The summed E-state index contributed by atoms with van der Waals surface area (Å²) in [5.74, 6) is 6.31. The van der Waals surface area contributed by atoms with E-state index >= 15 is 0 Å². The van der Waals surface area contributed by atoms with Crippen molar-refractivity contribution in [3.05, 3.63) is 103 Å². The number of benzene rings is 1. The van der Waals surface area contributed by atoms with Gasteiger partial charge < -0.3 is 21.0 Å². The number of halogens is 1. The maximum absolute atomic E-state index is 12.7. The molecule has 0 bridgehead atoms. The second-order valence-electron chi connectivity index (χ2n) is 7.04. The van der Waals surface area contributed by atoms with Gasteiger partial charge in [-0.15, -0.1) is 0 Å². The lowest BCUT2D eigenvalue weighted by atomic mass is 10.1. The van der Waals surface area contributed by atoms with Gasteiger partial charge in [0, 0.05) is 23.5 Å². The highest BCUT2D eigenvalue weighted by Crippen LogP contribution is 2.25. The number of hydrogen-bond acceptors (Lipinski definition) is 8.